The Hall–Kier alpha value is 0.514. The molecule has 0 amide bonds. The van der Waals surface area contributed by atoms with Gasteiger partial charge >= 0.3 is 104 Å². The van der Waals surface area contributed by atoms with E-state index >= 15 is 0 Å². The Labute approximate surface area is 104 Å². The van der Waals surface area contributed by atoms with E-state index in [0.717, 1.165) is 45.8 Å². The molecule has 0 aromatic heterocycles. The predicted molar refractivity (Wildman–Crippen MR) is 56.1 cm³/mol. The second-order valence-corrected chi connectivity index (χ2v) is 4.48. The summed E-state index contributed by atoms with van der Waals surface area (Å²) in [5, 5.41) is 10.2. The first-order chi connectivity index (χ1) is 7.34. The second kappa shape index (κ2) is 8.64. The topological polar surface area (TPSA) is 48.6 Å². The fourth-order valence-corrected chi connectivity index (χ4v) is 1.98. The van der Waals surface area contributed by atoms with Crippen LogP contribution >= 0.6 is 0 Å². The summed E-state index contributed by atoms with van der Waals surface area (Å²) in [6.45, 7) is 6.99. The molecule has 1 aliphatic rings. The summed E-state index contributed by atoms with van der Waals surface area (Å²) in [5.41, 5.74) is 0. The minimum atomic E-state index is 0.172. The molecule has 1 heterocycles. The monoisotopic (exact) mass is 249 g/mol. The van der Waals surface area contributed by atoms with Crippen LogP contribution in [-0.4, -0.2) is 62.5 Å². The van der Waals surface area contributed by atoms with E-state index < -0.39 is 0 Å². The van der Waals surface area contributed by atoms with Gasteiger partial charge in [-0.1, -0.05) is 0 Å². The maximum absolute atomic E-state index is 5.42. The first kappa shape index (κ1) is 13.6. The third kappa shape index (κ3) is 5.97. The van der Waals surface area contributed by atoms with E-state index in [1.54, 1.807) is 7.11 Å². The van der Waals surface area contributed by atoms with E-state index in [1.165, 1.54) is 0 Å². The van der Waals surface area contributed by atoms with Gasteiger partial charge in [0, 0.05) is 0 Å². The van der Waals surface area contributed by atoms with Crippen LogP contribution in [0.5, 0.6) is 0 Å². The van der Waals surface area contributed by atoms with Gasteiger partial charge in [-0.25, -0.2) is 0 Å². The molecule has 5 nitrogen and oxygen atoms in total. The normalized spacial score (nSPS) is 27.9. The fourth-order valence-electron chi connectivity index (χ4n) is 1.49. The van der Waals surface area contributed by atoms with Crippen molar-refractivity contribution in [3.05, 3.63) is 0 Å². The molecule has 3 N–H and O–H groups in total. The molecule has 1 aliphatic heterocycles. The van der Waals surface area contributed by atoms with Crippen LogP contribution in [0.3, 0.4) is 0 Å². The standard InChI is InChI=1S/C9H21N4O.Ti/c1-14-9-8-12-5-4-10-2-3-11-6-7-13-9;/h9-12H,2-8H2,1H3;/q-1;+1. The Kier molecular flexibility index (Phi) is 7.82. The predicted octanol–water partition coefficient (Wildman–Crippen LogP) is -1.49. The Morgan fingerprint density at radius 2 is 1.67 bits per heavy atom. The Bertz CT molecular complexity index is 161. The van der Waals surface area contributed by atoms with E-state index in [2.05, 4.69) is 40.0 Å². The number of hydrogen-bond donors (Lipinski definition) is 3. The molecule has 15 heavy (non-hydrogen) atoms. The van der Waals surface area contributed by atoms with Crippen molar-refractivity contribution in [1.82, 2.24) is 19.3 Å². The summed E-state index contributed by atoms with van der Waals surface area (Å²) in [5.74, 6) is 0. The first-order valence-corrected chi connectivity index (χ1v) is 6.17. The average molecular weight is 249 g/mol. The van der Waals surface area contributed by atoms with Crippen LogP contribution in [0.1, 0.15) is 0 Å². The number of ether oxygens (including phenoxy) is 1. The van der Waals surface area contributed by atoms with E-state index in [-0.39, 0.29) is 6.23 Å². The number of hydrogen-bond acceptors (Lipinski definition) is 5. The molecule has 1 fully saturated rings. The molecule has 0 bridgehead atoms. The van der Waals surface area contributed by atoms with Crippen molar-refractivity contribution in [1.29, 1.82) is 0 Å². The van der Waals surface area contributed by atoms with Crippen molar-refractivity contribution in [2.24, 2.45) is 0 Å². The van der Waals surface area contributed by atoms with Crippen LogP contribution in [0.4, 0.5) is 0 Å². The van der Waals surface area contributed by atoms with Gasteiger partial charge in [-0.2, -0.15) is 0 Å². The van der Waals surface area contributed by atoms with Crippen molar-refractivity contribution >= 4 is 0 Å². The zero-order chi connectivity index (χ0) is 10.9. The summed E-state index contributed by atoms with van der Waals surface area (Å²) >= 11 is 2.10. The van der Waals surface area contributed by atoms with Crippen LogP contribution < -0.4 is 16.0 Å². The van der Waals surface area contributed by atoms with Gasteiger partial charge in [0.05, 0.1) is 0 Å². The molecule has 0 aliphatic carbocycles. The first-order valence-electron chi connectivity index (χ1n) is 5.47. The molecule has 1 atom stereocenters. The van der Waals surface area contributed by atoms with E-state index in [4.69, 9.17) is 4.74 Å². The van der Waals surface area contributed by atoms with Gasteiger partial charge in [-0.15, -0.1) is 0 Å². The van der Waals surface area contributed by atoms with E-state index in [0.29, 0.717) is 0 Å². The quantitative estimate of drug-likeness (QED) is 0.494. The Morgan fingerprint density at radius 1 is 1.07 bits per heavy atom. The van der Waals surface area contributed by atoms with E-state index in [9.17, 15) is 0 Å². The molecular formula is C9H21N4OTi. The van der Waals surface area contributed by atoms with Gasteiger partial charge in [0.15, 0.2) is 0 Å². The number of nitrogens with zero attached hydrogens (tertiary/aromatic N) is 1. The molecule has 0 radical (unpaired) electrons. The molecule has 0 spiro atoms. The molecule has 87 valence electrons. The third-order valence-corrected chi connectivity index (χ3v) is 3.22. The SMILES string of the molecule is COC1CNCCNCCNCC[N]1[Ti]. The van der Waals surface area contributed by atoms with Crippen LogP contribution in [-0.2, 0) is 25.4 Å². The zero-order valence-electron chi connectivity index (χ0n) is 9.38. The number of methoxy groups -OCH3 is 1. The molecule has 0 saturated carbocycles. The van der Waals surface area contributed by atoms with Gasteiger partial charge in [-0.05, 0) is 0 Å². The van der Waals surface area contributed by atoms with Crippen molar-refractivity contribution in [2.45, 2.75) is 6.23 Å². The third-order valence-electron chi connectivity index (χ3n) is 2.43. The maximum atomic E-state index is 5.42. The van der Waals surface area contributed by atoms with Gasteiger partial charge in [0.2, 0.25) is 0 Å². The van der Waals surface area contributed by atoms with Crippen LogP contribution in [0.25, 0.3) is 0 Å². The fraction of sp³-hybridized carbons (Fsp3) is 1.00. The van der Waals surface area contributed by atoms with Crippen molar-refractivity contribution < 1.29 is 25.4 Å². The van der Waals surface area contributed by atoms with Crippen molar-refractivity contribution in [3.63, 3.8) is 0 Å². The molecule has 1 saturated heterocycles. The van der Waals surface area contributed by atoms with Crippen molar-refractivity contribution in [3.8, 4) is 0 Å². The minimum absolute atomic E-state index is 0.172. The molecule has 6 heteroatoms. The number of rotatable bonds is 1. The van der Waals surface area contributed by atoms with Crippen LogP contribution in [0.15, 0.2) is 0 Å². The summed E-state index contributed by atoms with van der Waals surface area (Å²) in [6.07, 6.45) is 0.172. The van der Waals surface area contributed by atoms with Gasteiger partial charge < -0.3 is 0 Å². The Balaban J connectivity index is 2.30. The van der Waals surface area contributed by atoms with Crippen LogP contribution in [0, 0.1) is 0 Å². The molecule has 0 aromatic rings. The second-order valence-electron chi connectivity index (χ2n) is 3.59. The van der Waals surface area contributed by atoms with E-state index in [1.807, 2.05) is 0 Å². The zero-order valence-corrected chi connectivity index (χ0v) is 10.9. The Morgan fingerprint density at radius 3 is 2.33 bits per heavy atom. The summed E-state index contributed by atoms with van der Waals surface area (Å²) < 4.78 is 7.65. The molecule has 1 unspecified atom stereocenters. The van der Waals surface area contributed by atoms with Gasteiger partial charge in [0.1, 0.15) is 0 Å². The number of nitrogens with one attached hydrogen (secondary N) is 3. The summed E-state index contributed by atoms with van der Waals surface area (Å²) in [7, 11) is 1.76. The average Bonchev–Trinajstić information content (AvgIpc) is 2.23. The van der Waals surface area contributed by atoms with Crippen LogP contribution in [0.2, 0.25) is 0 Å². The van der Waals surface area contributed by atoms with Gasteiger partial charge in [0.25, 0.3) is 0 Å². The molecular weight excluding hydrogens is 228 g/mol. The molecule has 0 aromatic carbocycles. The van der Waals surface area contributed by atoms with Gasteiger partial charge in [-0.3, -0.25) is 0 Å². The summed E-state index contributed by atoms with van der Waals surface area (Å²) in [4.78, 5) is 0. The van der Waals surface area contributed by atoms with Crippen molar-refractivity contribution in [2.75, 3.05) is 52.9 Å². The summed E-state index contributed by atoms with van der Waals surface area (Å²) in [6, 6.07) is 0. The molecule has 1 rings (SSSR count).